The Kier molecular flexibility index (Phi) is 3.55. The smallest absolute Gasteiger partial charge is 0.145 e. The number of fused-ring (bicyclic) bond motifs is 13. The van der Waals surface area contributed by atoms with Gasteiger partial charge in [0.2, 0.25) is 0 Å². The molecule has 37 heavy (non-hydrogen) atoms. The van der Waals surface area contributed by atoms with E-state index in [9.17, 15) is 0 Å². The summed E-state index contributed by atoms with van der Waals surface area (Å²) >= 11 is 0. The van der Waals surface area contributed by atoms with E-state index in [0.29, 0.717) is 0 Å². The fourth-order valence-corrected chi connectivity index (χ4v) is 6.55. The summed E-state index contributed by atoms with van der Waals surface area (Å²) in [7, 11) is 0. The maximum atomic E-state index is 4.82. The molecule has 0 unspecified atom stereocenters. The molecular weight excluding hydrogens is 452 g/mol. The molecule has 0 saturated carbocycles. The summed E-state index contributed by atoms with van der Waals surface area (Å²) < 4.78 is 4.60. The minimum absolute atomic E-state index is 0.900. The summed E-state index contributed by atoms with van der Waals surface area (Å²) in [5.74, 6) is 0. The molecule has 1 aliphatic rings. The lowest BCUT2D eigenvalue weighted by Crippen LogP contribution is -1.94. The van der Waals surface area contributed by atoms with Gasteiger partial charge in [0.15, 0.2) is 0 Å². The van der Waals surface area contributed by atoms with E-state index < -0.39 is 0 Å². The Morgan fingerprint density at radius 1 is 0.649 bits per heavy atom. The van der Waals surface area contributed by atoms with Gasteiger partial charge in [0.1, 0.15) is 5.65 Å². The molecule has 0 N–H and O–H groups in total. The molecule has 0 radical (unpaired) electrons. The van der Waals surface area contributed by atoms with Crippen LogP contribution in [0, 0.1) is 0 Å². The molecule has 8 aromatic rings. The van der Waals surface area contributed by atoms with Crippen molar-refractivity contribution >= 4 is 49.1 Å². The highest BCUT2D eigenvalue weighted by molar-refractivity contribution is 6.16. The molecule has 4 aromatic heterocycles. The number of nitrogens with zero attached hydrogens (tertiary/aromatic N) is 4. The molecule has 172 valence electrons. The Morgan fingerprint density at radius 2 is 1.54 bits per heavy atom. The van der Waals surface area contributed by atoms with E-state index in [1.54, 1.807) is 0 Å². The molecule has 0 amide bonds. The van der Waals surface area contributed by atoms with Crippen molar-refractivity contribution in [3.8, 4) is 16.8 Å². The maximum absolute atomic E-state index is 4.82. The van der Waals surface area contributed by atoms with Gasteiger partial charge in [-0.1, -0.05) is 48.5 Å². The average Bonchev–Trinajstić information content (AvgIpc) is 3.66. The normalized spacial score (nSPS) is 12.8. The summed E-state index contributed by atoms with van der Waals surface area (Å²) in [5.41, 5.74) is 11.2. The molecule has 4 heterocycles. The first-order valence-corrected chi connectivity index (χ1v) is 12.6. The van der Waals surface area contributed by atoms with Crippen molar-refractivity contribution < 1.29 is 0 Å². The zero-order valence-corrected chi connectivity index (χ0v) is 19.9. The van der Waals surface area contributed by atoms with Crippen molar-refractivity contribution in [2.75, 3.05) is 0 Å². The third-order valence-electron chi connectivity index (χ3n) is 8.09. The third-order valence-corrected chi connectivity index (χ3v) is 8.09. The summed E-state index contributed by atoms with van der Waals surface area (Å²) in [6.07, 6.45) is 8.70. The van der Waals surface area contributed by atoms with Crippen molar-refractivity contribution in [3.63, 3.8) is 0 Å². The molecule has 0 saturated heterocycles. The molecule has 4 aromatic carbocycles. The highest BCUT2D eigenvalue weighted by Gasteiger charge is 2.25. The molecule has 0 aliphatic heterocycles. The predicted molar refractivity (Wildman–Crippen MR) is 151 cm³/mol. The first-order chi connectivity index (χ1) is 18.4. The van der Waals surface area contributed by atoms with Crippen LogP contribution in [0.1, 0.15) is 11.1 Å². The van der Waals surface area contributed by atoms with Gasteiger partial charge in [0.25, 0.3) is 0 Å². The standard InChI is InChI=1S/C33H20N4/c1-2-6-21(7-3-1)37-30-9-5-4-8-23(30)26-16-20-17-27-22(25(20)18-31(26)37)10-11-24-28-19-34-13-12-29(28)36-15-14-35-33(36)32(24)27/h1-16,18-19H,17H2. The van der Waals surface area contributed by atoms with Crippen LogP contribution in [0.5, 0.6) is 0 Å². The number of hydrogen-bond acceptors (Lipinski definition) is 2. The Balaban J connectivity index is 1.40. The van der Waals surface area contributed by atoms with Gasteiger partial charge in [-0.2, -0.15) is 0 Å². The molecule has 0 spiro atoms. The number of aromatic nitrogens is 4. The Labute approximate surface area is 212 Å². The van der Waals surface area contributed by atoms with Crippen molar-refractivity contribution in [1.29, 1.82) is 0 Å². The van der Waals surface area contributed by atoms with Crippen molar-refractivity contribution in [2.24, 2.45) is 0 Å². The number of hydrogen-bond donors (Lipinski definition) is 0. The molecule has 4 heteroatoms. The van der Waals surface area contributed by atoms with E-state index in [-0.39, 0.29) is 0 Å². The second kappa shape index (κ2) is 6.83. The minimum Gasteiger partial charge on any atom is -0.309 e. The van der Waals surface area contributed by atoms with E-state index in [4.69, 9.17) is 4.98 Å². The van der Waals surface area contributed by atoms with Gasteiger partial charge in [-0.15, -0.1) is 0 Å². The maximum Gasteiger partial charge on any atom is 0.145 e. The molecule has 0 bridgehead atoms. The first-order valence-electron chi connectivity index (χ1n) is 12.6. The lowest BCUT2D eigenvalue weighted by molar-refractivity contribution is 1.18. The second-order valence-corrected chi connectivity index (χ2v) is 9.92. The van der Waals surface area contributed by atoms with E-state index in [1.807, 2.05) is 18.6 Å². The van der Waals surface area contributed by atoms with E-state index in [2.05, 4.69) is 105 Å². The van der Waals surface area contributed by atoms with E-state index in [0.717, 1.165) is 23.0 Å². The van der Waals surface area contributed by atoms with Crippen LogP contribution in [0.3, 0.4) is 0 Å². The van der Waals surface area contributed by atoms with Gasteiger partial charge in [-0.05, 0) is 70.5 Å². The van der Waals surface area contributed by atoms with Crippen LogP contribution in [0.15, 0.2) is 110 Å². The molecule has 1 aliphatic carbocycles. The van der Waals surface area contributed by atoms with Crippen molar-refractivity contribution in [1.82, 2.24) is 18.9 Å². The fraction of sp³-hybridized carbons (Fsp3) is 0.0303. The minimum atomic E-state index is 0.900. The summed E-state index contributed by atoms with van der Waals surface area (Å²) in [6, 6.07) is 30.9. The van der Waals surface area contributed by atoms with Gasteiger partial charge < -0.3 is 4.57 Å². The van der Waals surface area contributed by atoms with Crippen LogP contribution in [0.2, 0.25) is 0 Å². The molecule has 0 fully saturated rings. The van der Waals surface area contributed by atoms with Crippen LogP contribution in [0.4, 0.5) is 0 Å². The van der Waals surface area contributed by atoms with Gasteiger partial charge in [0, 0.05) is 52.0 Å². The predicted octanol–water partition coefficient (Wildman–Crippen LogP) is 7.70. The van der Waals surface area contributed by atoms with Crippen LogP contribution >= 0.6 is 0 Å². The number of pyridine rings is 2. The second-order valence-electron chi connectivity index (χ2n) is 9.92. The zero-order chi connectivity index (χ0) is 24.1. The number of benzene rings is 4. The van der Waals surface area contributed by atoms with Gasteiger partial charge >= 0.3 is 0 Å². The van der Waals surface area contributed by atoms with Crippen molar-refractivity contribution in [3.05, 3.63) is 121 Å². The Bertz CT molecular complexity index is 2220. The Morgan fingerprint density at radius 3 is 2.49 bits per heavy atom. The molecule has 9 rings (SSSR count). The number of rotatable bonds is 1. The highest BCUT2D eigenvalue weighted by Crippen LogP contribution is 2.46. The fourth-order valence-electron chi connectivity index (χ4n) is 6.55. The lowest BCUT2D eigenvalue weighted by atomic mass is 9.98. The topological polar surface area (TPSA) is 35.1 Å². The monoisotopic (exact) mass is 472 g/mol. The zero-order valence-electron chi connectivity index (χ0n) is 19.9. The summed E-state index contributed by atoms with van der Waals surface area (Å²) in [5, 5.41) is 6.21. The number of imidazole rings is 1. The molecular formula is C33H20N4. The van der Waals surface area contributed by atoms with Crippen LogP contribution in [-0.4, -0.2) is 18.9 Å². The SMILES string of the molecule is c1ccc(-n2c3ccccc3c3cc4c(cc32)-c2ccc3c5cnccc5n5ccnc5c3c2C4)cc1. The van der Waals surface area contributed by atoms with Crippen LogP contribution in [-0.2, 0) is 6.42 Å². The van der Waals surface area contributed by atoms with Gasteiger partial charge in [0.05, 0.1) is 16.6 Å². The molecule has 4 nitrogen and oxygen atoms in total. The van der Waals surface area contributed by atoms with Gasteiger partial charge in [-0.25, -0.2) is 4.98 Å². The van der Waals surface area contributed by atoms with E-state index in [1.165, 1.54) is 60.5 Å². The number of para-hydroxylation sites is 2. The average molecular weight is 473 g/mol. The van der Waals surface area contributed by atoms with Crippen LogP contribution < -0.4 is 0 Å². The van der Waals surface area contributed by atoms with Crippen LogP contribution in [0.25, 0.3) is 65.9 Å². The van der Waals surface area contributed by atoms with Gasteiger partial charge in [-0.3, -0.25) is 9.38 Å². The summed E-state index contributed by atoms with van der Waals surface area (Å²) in [4.78, 5) is 9.26. The quantitative estimate of drug-likeness (QED) is 0.229. The first kappa shape index (κ1) is 19.3. The van der Waals surface area contributed by atoms with Crippen molar-refractivity contribution in [2.45, 2.75) is 6.42 Å². The Hall–Kier alpha value is -4.96. The highest BCUT2D eigenvalue weighted by atomic mass is 15.0. The largest absolute Gasteiger partial charge is 0.309 e. The van der Waals surface area contributed by atoms with E-state index >= 15 is 0 Å². The summed E-state index contributed by atoms with van der Waals surface area (Å²) in [6.45, 7) is 0. The third kappa shape index (κ3) is 2.42. The molecule has 0 atom stereocenters. The lowest BCUT2D eigenvalue weighted by Gasteiger charge is -2.12.